The van der Waals surface area contributed by atoms with Crippen LogP contribution in [-0.2, 0) is 4.79 Å². The third kappa shape index (κ3) is 3.82. The zero-order chi connectivity index (χ0) is 16.8. The minimum absolute atomic E-state index is 0.139. The van der Waals surface area contributed by atoms with Gasteiger partial charge in [-0.3, -0.25) is 4.79 Å². The SMILES string of the molecule is COc1cccc([C@H]2CCCN2C(=O)CCNc2ncccn2)c1. The molecule has 24 heavy (non-hydrogen) atoms. The Labute approximate surface area is 141 Å². The summed E-state index contributed by atoms with van der Waals surface area (Å²) in [6.45, 7) is 1.34. The summed E-state index contributed by atoms with van der Waals surface area (Å²) in [5, 5.41) is 3.08. The molecule has 3 rings (SSSR count). The van der Waals surface area contributed by atoms with E-state index in [9.17, 15) is 4.79 Å². The largest absolute Gasteiger partial charge is 0.497 e. The van der Waals surface area contributed by atoms with Crippen LogP contribution in [0.4, 0.5) is 5.95 Å². The normalized spacial score (nSPS) is 16.9. The molecule has 2 heterocycles. The Balaban J connectivity index is 1.59. The first-order valence-electron chi connectivity index (χ1n) is 8.22. The van der Waals surface area contributed by atoms with Crippen LogP contribution in [0.1, 0.15) is 30.9 Å². The fraction of sp³-hybridized carbons (Fsp3) is 0.389. The molecular formula is C18H22N4O2. The average molecular weight is 326 g/mol. The molecule has 1 aliphatic heterocycles. The van der Waals surface area contributed by atoms with Crippen molar-refractivity contribution < 1.29 is 9.53 Å². The topological polar surface area (TPSA) is 67.3 Å². The maximum absolute atomic E-state index is 12.6. The fourth-order valence-electron chi connectivity index (χ4n) is 3.08. The van der Waals surface area contributed by atoms with E-state index >= 15 is 0 Å². The summed E-state index contributed by atoms with van der Waals surface area (Å²) in [6, 6.07) is 9.89. The number of carbonyl (C=O) groups excluding carboxylic acids is 1. The molecule has 0 aliphatic carbocycles. The third-order valence-electron chi connectivity index (χ3n) is 4.24. The Kier molecular flexibility index (Phi) is 5.25. The molecule has 0 radical (unpaired) electrons. The molecule has 1 N–H and O–H groups in total. The zero-order valence-electron chi connectivity index (χ0n) is 13.8. The summed E-state index contributed by atoms with van der Waals surface area (Å²) in [4.78, 5) is 22.7. The summed E-state index contributed by atoms with van der Waals surface area (Å²) in [6.07, 6.45) is 5.81. The van der Waals surface area contributed by atoms with Crippen molar-refractivity contribution in [2.75, 3.05) is 25.5 Å². The number of hydrogen-bond acceptors (Lipinski definition) is 5. The first-order valence-corrected chi connectivity index (χ1v) is 8.22. The van der Waals surface area contributed by atoms with Gasteiger partial charge in [0.15, 0.2) is 0 Å². The lowest BCUT2D eigenvalue weighted by Gasteiger charge is -2.25. The molecule has 1 atom stereocenters. The predicted octanol–water partition coefficient (Wildman–Crippen LogP) is 2.65. The van der Waals surface area contributed by atoms with Crippen LogP contribution < -0.4 is 10.1 Å². The van der Waals surface area contributed by atoms with Gasteiger partial charge in [-0.15, -0.1) is 0 Å². The summed E-state index contributed by atoms with van der Waals surface area (Å²) in [7, 11) is 1.66. The Morgan fingerprint density at radius 3 is 2.96 bits per heavy atom. The number of nitrogens with one attached hydrogen (secondary N) is 1. The summed E-state index contributed by atoms with van der Waals surface area (Å²) in [5.74, 6) is 1.54. The number of methoxy groups -OCH3 is 1. The van der Waals surface area contributed by atoms with Crippen LogP contribution in [-0.4, -0.2) is 41.0 Å². The van der Waals surface area contributed by atoms with Gasteiger partial charge in [0.2, 0.25) is 11.9 Å². The van der Waals surface area contributed by atoms with Gasteiger partial charge in [-0.05, 0) is 36.6 Å². The minimum atomic E-state index is 0.139. The van der Waals surface area contributed by atoms with Gasteiger partial charge in [-0.2, -0.15) is 0 Å². The van der Waals surface area contributed by atoms with E-state index in [0.717, 1.165) is 30.7 Å². The molecule has 126 valence electrons. The molecular weight excluding hydrogens is 304 g/mol. The lowest BCUT2D eigenvalue weighted by Crippen LogP contribution is -2.31. The van der Waals surface area contributed by atoms with E-state index in [0.29, 0.717) is 18.9 Å². The maximum Gasteiger partial charge on any atom is 0.224 e. The number of ether oxygens (including phenoxy) is 1. The number of aromatic nitrogens is 2. The molecule has 1 aromatic heterocycles. The van der Waals surface area contributed by atoms with Gasteiger partial charge in [-0.25, -0.2) is 9.97 Å². The minimum Gasteiger partial charge on any atom is -0.497 e. The number of carbonyl (C=O) groups is 1. The fourth-order valence-corrected chi connectivity index (χ4v) is 3.08. The van der Waals surface area contributed by atoms with Gasteiger partial charge in [-0.1, -0.05) is 12.1 Å². The van der Waals surface area contributed by atoms with Crippen molar-refractivity contribution in [3.05, 3.63) is 48.3 Å². The zero-order valence-corrected chi connectivity index (χ0v) is 13.8. The lowest BCUT2D eigenvalue weighted by molar-refractivity contribution is -0.131. The average Bonchev–Trinajstić information content (AvgIpc) is 3.12. The molecule has 0 unspecified atom stereocenters. The van der Waals surface area contributed by atoms with Gasteiger partial charge in [0.1, 0.15) is 5.75 Å². The predicted molar refractivity (Wildman–Crippen MR) is 91.8 cm³/mol. The Hall–Kier alpha value is -2.63. The molecule has 0 spiro atoms. The van der Waals surface area contributed by atoms with Crippen LogP contribution in [0.5, 0.6) is 5.75 Å². The van der Waals surface area contributed by atoms with Crippen molar-refractivity contribution in [1.82, 2.24) is 14.9 Å². The third-order valence-corrected chi connectivity index (χ3v) is 4.24. The second kappa shape index (κ2) is 7.77. The van der Waals surface area contributed by atoms with Crippen LogP contribution in [0, 0.1) is 0 Å². The Bertz CT molecular complexity index is 678. The van der Waals surface area contributed by atoms with E-state index in [1.54, 1.807) is 25.6 Å². The molecule has 1 saturated heterocycles. The van der Waals surface area contributed by atoms with Crippen LogP contribution in [0.25, 0.3) is 0 Å². The smallest absolute Gasteiger partial charge is 0.224 e. The highest BCUT2D eigenvalue weighted by molar-refractivity contribution is 5.77. The van der Waals surface area contributed by atoms with E-state index in [1.807, 2.05) is 23.1 Å². The van der Waals surface area contributed by atoms with E-state index in [2.05, 4.69) is 21.4 Å². The molecule has 6 heteroatoms. The second-order valence-corrected chi connectivity index (χ2v) is 5.77. The van der Waals surface area contributed by atoms with Crippen molar-refractivity contribution in [2.24, 2.45) is 0 Å². The number of amides is 1. The Morgan fingerprint density at radius 2 is 2.17 bits per heavy atom. The molecule has 1 fully saturated rings. The molecule has 0 bridgehead atoms. The Morgan fingerprint density at radius 1 is 1.33 bits per heavy atom. The quantitative estimate of drug-likeness (QED) is 0.884. The lowest BCUT2D eigenvalue weighted by atomic mass is 10.0. The van der Waals surface area contributed by atoms with Gasteiger partial charge in [0.25, 0.3) is 0 Å². The first-order chi connectivity index (χ1) is 11.8. The molecule has 1 amide bonds. The van der Waals surface area contributed by atoms with Crippen molar-refractivity contribution in [1.29, 1.82) is 0 Å². The first kappa shape index (κ1) is 16.2. The van der Waals surface area contributed by atoms with Gasteiger partial charge in [0, 0.05) is 31.9 Å². The van der Waals surface area contributed by atoms with Crippen molar-refractivity contribution in [2.45, 2.75) is 25.3 Å². The number of benzene rings is 1. The van der Waals surface area contributed by atoms with Crippen molar-refractivity contribution in [3.63, 3.8) is 0 Å². The maximum atomic E-state index is 12.6. The highest BCUT2D eigenvalue weighted by atomic mass is 16.5. The van der Waals surface area contributed by atoms with Gasteiger partial charge < -0.3 is 15.0 Å². The van der Waals surface area contributed by atoms with E-state index in [1.165, 1.54) is 0 Å². The van der Waals surface area contributed by atoms with Crippen molar-refractivity contribution >= 4 is 11.9 Å². The van der Waals surface area contributed by atoms with E-state index in [4.69, 9.17) is 4.74 Å². The standard InChI is InChI=1S/C18H22N4O2/c1-24-15-6-2-5-14(13-15)16-7-3-12-22(16)17(23)8-11-21-18-19-9-4-10-20-18/h2,4-6,9-10,13,16H,3,7-8,11-12H2,1H3,(H,19,20,21)/t16-/m1/s1. The number of nitrogens with zero attached hydrogens (tertiary/aromatic N) is 3. The highest BCUT2D eigenvalue weighted by Gasteiger charge is 2.29. The van der Waals surface area contributed by atoms with Crippen LogP contribution in [0.2, 0.25) is 0 Å². The molecule has 2 aromatic rings. The van der Waals surface area contributed by atoms with Crippen LogP contribution in [0.15, 0.2) is 42.7 Å². The molecule has 1 aliphatic rings. The highest BCUT2D eigenvalue weighted by Crippen LogP contribution is 2.33. The van der Waals surface area contributed by atoms with Gasteiger partial charge >= 0.3 is 0 Å². The summed E-state index contributed by atoms with van der Waals surface area (Å²) in [5.41, 5.74) is 1.14. The van der Waals surface area contributed by atoms with E-state index in [-0.39, 0.29) is 11.9 Å². The van der Waals surface area contributed by atoms with Gasteiger partial charge in [0.05, 0.1) is 13.2 Å². The molecule has 0 saturated carbocycles. The molecule has 6 nitrogen and oxygen atoms in total. The number of likely N-dealkylation sites (tertiary alicyclic amines) is 1. The number of rotatable bonds is 6. The summed E-state index contributed by atoms with van der Waals surface area (Å²) >= 11 is 0. The molecule has 1 aromatic carbocycles. The second-order valence-electron chi connectivity index (χ2n) is 5.77. The summed E-state index contributed by atoms with van der Waals surface area (Å²) < 4.78 is 5.30. The van der Waals surface area contributed by atoms with Crippen LogP contribution >= 0.6 is 0 Å². The monoisotopic (exact) mass is 326 g/mol. The number of hydrogen-bond donors (Lipinski definition) is 1. The van der Waals surface area contributed by atoms with Crippen molar-refractivity contribution in [3.8, 4) is 5.75 Å². The number of anilines is 1. The van der Waals surface area contributed by atoms with Crippen LogP contribution in [0.3, 0.4) is 0 Å². The van der Waals surface area contributed by atoms with E-state index < -0.39 is 0 Å².